The molecule has 0 amide bonds. The Morgan fingerprint density at radius 3 is 2.89 bits per heavy atom. The first-order chi connectivity index (χ1) is 13.0. The second-order valence-electron chi connectivity index (χ2n) is 6.74. The van der Waals surface area contributed by atoms with E-state index in [-0.39, 0.29) is 12.1 Å². The van der Waals surface area contributed by atoms with Crippen molar-refractivity contribution in [3.05, 3.63) is 59.9 Å². The van der Waals surface area contributed by atoms with Crippen molar-refractivity contribution >= 4 is 0 Å². The molecule has 3 heterocycles. The van der Waals surface area contributed by atoms with Crippen LogP contribution in [-0.2, 0) is 25.2 Å². The molecule has 27 heavy (non-hydrogen) atoms. The van der Waals surface area contributed by atoms with Gasteiger partial charge in [0.05, 0.1) is 25.0 Å². The van der Waals surface area contributed by atoms with Crippen LogP contribution in [0.2, 0.25) is 0 Å². The Morgan fingerprint density at radius 2 is 2.15 bits per heavy atom. The van der Waals surface area contributed by atoms with Crippen LogP contribution in [0, 0.1) is 11.6 Å². The molecule has 1 N–H and O–H groups in total. The fourth-order valence-electron chi connectivity index (χ4n) is 3.58. The third-order valence-corrected chi connectivity index (χ3v) is 5.17. The summed E-state index contributed by atoms with van der Waals surface area (Å²) in [7, 11) is 0. The Kier molecular flexibility index (Phi) is 4.44. The maximum atomic E-state index is 14.6. The Bertz CT molecular complexity index is 929. The predicted molar refractivity (Wildman–Crippen MR) is 90.2 cm³/mol. The van der Waals surface area contributed by atoms with Gasteiger partial charge in [-0.25, -0.2) is 23.1 Å². The van der Waals surface area contributed by atoms with Crippen LogP contribution in [-0.4, -0.2) is 52.4 Å². The molecule has 0 unspecified atom stereocenters. The summed E-state index contributed by atoms with van der Waals surface area (Å²) in [5.74, 6) is -1.49. The molecule has 8 nitrogen and oxygen atoms in total. The first kappa shape index (κ1) is 17.7. The maximum Gasteiger partial charge on any atom is 0.137 e. The molecule has 142 valence electrons. The van der Waals surface area contributed by atoms with Crippen molar-refractivity contribution in [3.8, 4) is 0 Å². The average Bonchev–Trinajstić information content (AvgIpc) is 3.31. The van der Waals surface area contributed by atoms with Crippen LogP contribution >= 0.6 is 0 Å². The van der Waals surface area contributed by atoms with Gasteiger partial charge in [0, 0.05) is 30.8 Å². The summed E-state index contributed by atoms with van der Waals surface area (Å²) in [5, 5.41) is 23.6. The van der Waals surface area contributed by atoms with Crippen molar-refractivity contribution in [3.63, 3.8) is 0 Å². The van der Waals surface area contributed by atoms with E-state index in [1.54, 1.807) is 10.9 Å². The third-order valence-electron chi connectivity index (χ3n) is 5.17. The smallest absolute Gasteiger partial charge is 0.137 e. The molecule has 1 aliphatic rings. The predicted octanol–water partition coefficient (Wildman–Crippen LogP) is 0.940. The molecule has 0 spiro atoms. The molecule has 2 aromatic heterocycles. The molecular weight excluding hydrogens is 356 g/mol. The van der Waals surface area contributed by atoms with Crippen LogP contribution in [0.15, 0.2) is 37.1 Å². The van der Waals surface area contributed by atoms with E-state index in [2.05, 4.69) is 20.4 Å². The fourth-order valence-corrected chi connectivity index (χ4v) is 3.58. The molecule has 0 saturated heterocycles. The second-order valence-corrected chi connectivity index (χ2v) is 6.74. The van der Waals surface area contributed by atoms with Crippen molar-refractivity contribution < 1.29 is 13.9 Å². The first-order valence-electron chi connectivity index (χ1n) is 8.59. The molecule has 1 aromatic carbocycles. The molecular formula is C17H19F2N7O. The zero-order valence-corrected chi connectivity index (χ0v) is 14.7. The summed E-state index contributed by atoms with van der Waals surface area (Å²) >= 11 is 0. The molecule has 0 saturated carbocycles. The van der Waals surface area contributed by atoms with Crippen LogP contribution in [0.25, 0.3) is 0 Å². The molecule has 0 bridgehead atoms. The van der Waals surface area contributed by atoms with Gasteiger partial charge in [-0.05, 0) is 13.0 Å². The van der Waals surface area contributed by atoms with E-state index in [1.807, 2.05) is 11.8 Å². The fraction of sp³-hybridized carbons (Fsp3) is 0.412. The standard InChI is InChI=1S/C17H19F2N7O/c1-12(24-4-5-26-14(8-24)7-21-23-26)17(27,9-25-11-20-10-22-25)15-3-2-13(18)6-16(15)19/h2-3,6-7,10-12,27H,4-5,8-9H2,1H3/t12-,17-/m1/s1. The SMILES string of the molecule is C[C@@H](N1CCn2nncc2C1)[C@](O)(Cn1cncn1)c1ccc(F)cc1F. The van der Waals surface area contributed by atoms with Crippen LogP contribution in [0.3, 0.4) is 0 Å². The van der Waals surface area contributed by atoms with Gasteiger partial charge < -0.3 is 5.11 Å². The van der Waals surface area contributed by atoms with Gasteiger partial charge in [0.2, 0.25) is 0 Å². The van der Waals surface area contributed by atoms with Crippen molar-refractivity contribution in [1.29, 1.82) is 0 Å². The lowest BCUT2D eigenvalue weighted by molar-refractivity contribution is -0.0710. The highest BCUT2D eigenvalue weighted by molar-refractivity contribution is 5.27. The highest BCUT2D eigenvalue weighted by Gasteiger charge is 2.42. The van der Waals surface area contributed by atoms with E-state index in [4.69, 9.17) is 0 Å². The van der Waals surface area contributed by atoms with Crippen molar-refractivity contribution in [2.45, 2.75) is 38.2 Å². The average molecular weight is 375 g/mol. The van der Waals surface area contributed by atoms with E-state index < -0.39 is 23.3 Å². The number of fused-ring (bicyclic) bond motifs is 1. The zero-order valence-electron chi connectivity index (χ0n) is 14.7. The summed E-state index contributed by atoms with van der Waals surface area (Å²) in [4.78, 5) is 5.91. The minimum Gasteiger partial charge on any atom is -0.381 e. The lowest BCUT2D eigenvalue weighted by Crippen LogP contribution is -2.53. The zero-order chi connectivity index (χ0) is 19.0. The quantitative estimate of drug-likeness (QED) is 0.715. The Morgan fingerprint density at radius 1 is 1.30 bits per heavy atom. The van der Waals surface area contributed by atoms with Crippen LogP contribution in [0.1, 0.15) is 18.2 Å². The van der Waals surface area contributed by atoms with Gasteiger partial charge in [0.1, 0.15) is 29.9 Å². The van der Waals surface area contributed by atoms with Crippen molar-refractivity contribution in [1.82, 2.24) is 34.7 Å². The number of aromatic nitrogens is 6. The number of halogens is 2. The number of benzene rings is 1. The Balaban J connectivity index is 1.71. The van der Waals surface area contributed by atoms with E-state index in [9.17, 15) is 13.9 Å². The molecule has 0 fully saturated rings. The van der Waals surface area contributed by atoms with Gasteiger partial charge in [-0.2, -0.15) is 5.10 Å². The molecule has 10 heteroatoms. The number of aliphatic hydroxyl groups is 1. The highest BCUT2D eigenvalue weighted by atomic mass is 19.1. The summed E-state index contributed by atoms with van der Waals surface area (Å²) in [5.41, 5.74) is -0.721. The topological polar surface area (TPSA) is 84.9 Å². The molecule has 4 rings (SSSR count). The van der Waals surface area contributed by atoms with Crippen molar-refractivity contribution in [2.24, 2.45) is 0 Å². The van der Waals surface area contributed by atoms with E-state index in [0.717, 1.165) is 17.8 Å². The number of hydrogen-bond donors (Lipinski definition) is 1. The van der Waals surface area contributed by atoms with Crippen molar-refractivity contribution in [2.75, 3.05) is 6.54 Å². The third kappa shape index (κ3) is 3.21. The number of nitrogens with zero attached hydrogens (tertiary/aromatic N) is 7. The summed E-state index contributed by atoms with van der Waals surface area (Å²) in [6.45, 7) is 3.53. The molecule has 0 radical (unpaired) electrons. The van der Waals surface area contributed by atoms with E-state index in [1.165, 1.54) is 23.4 Å². The van der Waals surface area contributed by atoms with Crippen LogP contribution in [0.4, 0.5) is 8.78 Å². The Labute approximate surface area is 154 Å². The van der Waals surface area contributed by atoms with Gasteiger partial charge >= 0.3 is 0 Å². The number of hydrogen-bond acceptors (Lipinski definition) is 6. The lowest BCUT2D eigenvalue weighted by Gasteiger charge is -2.42. The normalized spacial score (nSPS) is 18.1. The minimum atomic E-state index is -1.65. The minimum absolute atomic E-state index is 0.0177. The van der Waals surface area contributed by atoms with Gasteiger partial charge in [-0.3, -0.25) is 4.90 Å². The van der Waals surface area contributed by atoms with E-state index >= 15 is 0 Å². The molecule has 1 aliphatic heterocycles. The molecule has 2 atom stereocenters. The highest BCUT2D eigenvalue weighted by Crippen LogP contribution is 2.34. The second kappa shape index (κ2) is 6.78. The largest absolute Gasteiger partial charge is 0.381 e. The maximum absolute atomic E-state index is 14.6. The Hall–Kier alpha value is -2.72. The first-order valence-corrected chi connectivity index (χ1v) is 8.59. The number of rotatable bonds is 5. The van der Waals surface area contributed by atoms with Gasteiger partial charge in [0.15, 0.2) is 0 Å². The van der Waals surface area contributed by atoms with Crippen LogP contribution in [0.5, 0.6) is 0 Å². The monoisotopic (exact) mass is 375 g/mol. The van der Waals surface area contributed by atoms with Gasteiger partial charge in [-0.1, -0.05) is 11.3 Å². The summed E-state index contributed by atoms with van der Waals surface area (Å²) in [6, 6.07) is 2.72. The van der Waals surface area contributed by atoms with Crippen LogP contribution < -0.4 is 0 Å². The lowest BCUT2D eigenvalue weighted by atomic mass is 9.85. The van der Waals surface area contributed by atoms with E-state index in [0.29, 0.717) is 19.6 Å². The van der Waals surface area contributed by atoms with Gasteiger partial charge in [-0.15, -0.1) is 5.10 Å². The van der Waals surface area contributed by atoms with Gasteiger partial charge in [0.25, 0.3) is 0 Å². The summed E-state index contributed by atoms with van der Waals surface area (Å²) in [6.07, 6.45) is 4.47. The molecule has 0 aliphatic carbocycles. The molecule has 3 aromatic rings. The summed E-state index contributed by atoms with van der Waals surface area (Å²) < 4.78 is 31.3.